The summed E-state index contributed by atoms with van der Waals surface area (Å²) in [4.78, 5) is 2.45. The minimum Gasteiger partial charge on any atom is -0.411 e. The van der Waals surface area contributed by atoms with Gasteiger partial charge in [0.1, 0.15) is 0 Å². The topological polar surface area (TPSA) is 35.8 Å². The van der Waals surface area contributed by atoms with Crippen LogP contribution in [-0.4, -0.2) is 28.9 Å². The van der Waals surface area contributed by atoms with Gasteiger partial charge in [-0.15, -0.1) is 0 Å². The van der Waals surface area contributed by atoms with Crippen molar-refractivity contribution in [3.8, 4) is 0 Å². The normalized spacial score (nSPS) is 25.6. The number of nitrogens with zero attached hydrogens (tertiary/aromatic N) is 2. The molecule has 3 heteroatoms. The quantitative estimate of drug-likeness (QED) is 0.503. The lowest BCUT2D eigenvalue weighted by Crippen LogP contribution is -2.23. The first-order chi connectivity index (χ1) is 8.74. The monoisotopic (exact) mass is 246 g/mol. The Hall–Kier alpha value is -1.35. The van der Waals surface area contributed by atoms with Gasteiger partial charge in [-0.1, -0.05) is 49.3 Å². The Balaban J connectivity index is 1.99. The van der Waals surface area contributed by atoms with E-state index in [2.05, 4.69) is 48.2 Å². The van der Waals surface area contributed by atoms with Gasteiger partial charge in [0.25, 0.3) is 0 Å². The van der Waals surface area contributed by atoms with Gasteiger partial charge in [0, 0.05) is 25.6 Å². The Labute approximate surface area is 109 Å². The molecule has 2 unspecified atom stereocenters. The summed E-state index contributed by atoms with van der Waals surface area (Å²) in [5.41, 5.74) is 2.29. The third-order valence-electron chi connectivity index (χ3n) is 3.86. The summed E-state index contributed by atoms with van der Waals surface area (Å²) >= 11 is 0. The lowest BCUT2D eigenvalue weighted by molar-refractivity contribution is 0.307. The van der Waals surface area contributed by atoms with Crippen molar-refractivity contribution in [2.75, 3.05) is 13.1 Å². The fourth-order valence-corrected chi connectivity index (χ4v) is 2.88. The van der Waals surface area contributed by atoms with Gasteiger partial charge >= 0.3 is 0 Å². The van der Waals surface area contributed by atoms with Gasteiger partial charge in [0.15, 0.2) is 0 Å². The van der Waals surface area contributed by atoms with Crippen molar-refractivity contribution in [3.63, 3.8) is 0 Å². The third-order valence-corrected chi connectivity index (χ3v) is 3.86. The molecule has 0 aliphatic carbocycles. The average Bonchev–Trinajstić information content (AvgIpc) is 2.73. The summed E-state index contributed by atoms with van der Waals surface area (Å²) in [6.45, 7) is 7.38. The molecule has 1 N–H and O–H groups in total. The van der Waals surface area contributed by atoms with Crippen LogP contribution in [0.25, 0.3) is 0 Å². The van der Waals surface area contributed by atoms with Crippen LogP contribution >= 0.6 is 0 Å². The van der Waals surface area contributed by atoms with Gasteiger partial charge in [-0.3, -0.25) is 4.90 Å². The molecule has 1 aromatic rings. The van der Waals surface area contributed by atoms with Crippen molar-refractivity contribution in [2.45, 2.75) is 26.8 Å². The van der Waals surface area contributed by atoms with Crippen LogP contribution in [0.5, 0.6) is 0 Å². The standard InChI is InChI=1S/C15H22N2O/c1-3-15(16-18)14-11-17(9-12(14)2)10-13-7-5-4-6-8-13/h4-8,12,14,18H,3,9-11H2,1-2H3. The molecule has 1 saturated heterocycles. The first-order valence-corrected chi connectivity index (χ1v) is 6.71. The second-order valence-electron chi connectivity index (χ2n) is 5.21. The molecule has 0 radical (unpaired) electrons. The van der Waals surface area contributed by atoms with Crippen LogP contribution in [-0.2, 0) is 6.54 Å². The number of likely N-dealkylation sites (tertiary alicyclic amines) is 1. The highest BCUT2D eigenvalue weighted by atomic mass is 16.4. The van der Waals surface area contributed by atoms with E-state index in [0.29, 0.717) is 11.8 Å². The largest absolute Gasteiger partial charge is 0.411 e. The molecule has 3 nitrogen and oxygen atoms in total. The molecule has 0 spiro atoms. The van der Waals surface area contributed by atoms with Crippen molar-refractivity contribution in [1.29, 1.82) is 0 Å². The molecule has 2 rings (SSSR count). The molecule has 18 heavy (non-hydrogen) atoms. The second kappa shape index (κ2) is 6.01. The van der Waals surface area contributed by atoms with Crippen LogP contribution in [0.15, 0.2) is 35.5 Å². The Kier molecular flexibility index (Phi) is 4.37. The van der Waals surface area contributed by atoms with Crippen molar-refractivity contribution < 1.29 is 5.21 Å². The number of oxime groups is 1. The lowest BCUT2D eigenvalue weighted by Gasteiger charge is -2.16. The van der Waals surface area contributed by atoms with Crippen LogP contribution in [0.1, 0.15) is 25.8 Å². The third kappa shape index (κ3) is 2.91. The minimum atomic E-state index is 0.406. The summed E-state index contributed by atoms with van der Waals surface area (Å²) < 4.78 is 0. The van der Waals surface area contributed by atoms with Crippen molar-refractivity contribution in [1.82, 2.24) is 4.90 Å². The molecule has 1 aliphatic heterocycles. The number of hydrogen-bond acceptors (Lipinski definition) is 3. The van der Waals surface area contributed by atoms with Crippen LogP contribution in [0.2, 0.25) is 0 Å². The number of rotatable bonds is 4. The van der Waals surface area contributed by atoms with E-state index in [0.717, 1.165) is 31.8 Å². The van der Waals surface area contributed by atoms with Crippen molar-refractivity contribution in [2.24, 2.45) is 17.0 Å². The van der Waals surface area contributed by atoms with Crippen LogP contribution in [0, 0.1) is 11.8 Å². The highest BCUT2D eigenvalue weighted by molar-refractivity contribution is 5.86. The van der Waals surface area contributed by atoms with Gasteiger partial charge in [0.2, 0.25) is 0 Å². The Morgan fingerprint density at radius 3 is 2.67 bits per heavy atom. The fourth-order valence-electron chi connectivity index (χ4n) is 2.88. The molecule has 1 heterocycles. The van der Waals surface area contributed by atoms with E-state index in [-0.39, 0.29) is 0 Å². The fraction of sp³-hybridized carbons (Fsp3) is 0.533. The van der Waals surface area contributed by atoms with Crippen LogP contribution in [0.4, 0.5) is 0 Å². The zero-order valence-electron chi connectivity index (χ0n) is 11.2. The van der Waals surface area contributed by atoms with Gasteiger partial charge in [-0.2, -0.15) is 0 Å². The maximum Gasteiger partial charge on any atom is 0.0614 e. The molecule has 2 atom stereocenters. The second-order valence-corrected chi connectivity index (χ2v) is 5.21. The Morgan fingerprint density at radius 2 is 2.06 bits per heavy atom. The predicted octanol–water partition coefficient (Wildman–Crippen LogP) is 2.99. The number of hydrogen-bond donors (Lipinski definition) is 1. The molecule has 0 bridgehead atoms. The van der Waals surface area contributed by atoms with Gasteiger partial charge in [-0.05, 0) is 17.9 Å². The maximum absolute atomic E-state index is 9.05. The minimum absolute atomic E-state index is 0.406. The van der Waals surface area contributed by atoms with E-state index < -0.39 is 0 Å². The molecular formula is C15H22N2O. The summed E-state index contributed by atoms with van der Waals surface area (Å²) in [6, 6.07) is 10.5. The molecule has 1 aliphatic rings. The first kappa shape index (κ1) is 13.1. The van der Waals surface area contributed by atoms with Gasteiger partial charge in [-0.25, -0.2) is 0 Å². The van der Waals surface area contributed by atoms with E-state index in [1.54, 1.807) is 0 Å². The summed E-state index contributed by atoms with van der Waals surface area (Å²) in [5, 5.41) is 12.5. The first-order valence-electron chi connectivity index (χ1n) is 6.71. The van der Waals surface area contributed by atoms with Crippen LogP contribution in [0.3, 0.4) is 0 Å². The summed E-state index contributed by atoms with van der Waals surface area (Å²) in [5.74, 6) is 0.975. The highest BCUT2D eigenvalue weighted by Gasteiger charge is 2.32. The Bertz CT molecular complexity index is 402. The smallest absolute Gasteiger partial charge is 0.0614 e. The molecule has 0 saturated carbocycles. The van der Waals surface area contributed by atoms with Crippen LogP contribution < -0.4 is 0 Å². The SMILES string of the molecule is CCC(=NO)C1CN(Cc2ccccc2)CC1C. The van der Waals surface area contributed by atoms with Gasteiger partial charge < -0.3 is 5.21 Å². The number of benzene rings is 1. The Morgan fingerprint density at radius 1 is 1.33 bits per heavy atom. The zero-order valence-corrected chi connectivity index (χ0v) is 11.2. The van der Waals surface area contributed by atoms with E-state index in [1.807, 2.05) is 6.07 Å². The van der Waals surface area contributed by atoms with E-state index in [9.17, 15) is 0 Å². The zero-order chi connectivity index (χ0) is 13.0. The summed E-state index contributed by atoms with van der Waals surface area (Å²) in [6.07, 6.45) is 0.838. The molecule has 1 aromatic carbocycles. The van der Waals surface area contributed by atoms with Gasteiger partial charge in [0.05, 0.1) is 5.71 Å². The summed E-state index contributed by atoms with van der Waals surface area (Å²) in [7, 11) is 0. The molecular weight excluding hydrogens is 224 g/mol. The van der Waals surface area contributed by atoms with Crippen molar-refractivity contribution >= 4 is 5.71 Å². The van der Waals surface area contributed by atoms with E-state index >= 15 is 0 Å². The van der Waals surface area contributed by atoms with Crippen molar-refractivity contribution in [3.05, 3.63) is 35.9 Å². The van der Waals surface area contributed by atoms with E-state index in [1.165, 1.54) is 5.56 Å². The highest BCUT2D eigenvalue weighted by Crippen LogP contribution is 2.26. The maximum atomic E-state index is 9.05. The average molecular weight is 246 g/mol. The lowest BCUT2D eigenvalue weighted by atomic mass is 9.92. The predicted molar refractivity (Wildman–Crippen MR) is 73.9 cm³/mol. The molecule has 0 amide bonds. The molecule has 1 fully saturated rings. The molecule has 98 valence electrons. The molecule has 0 aromatic heterocycles. The van der Waals surface area contributed by atoms with E-state index in [4.69, 9.17) is 5.21 Å².